The van der Waals surface area contributed by atoms with Crippen molar-refractivity contribution in [1.82, 2.24) is 25.5 Å². The Labute approximate surface area is 126 Å². The summed E-state index contributed by atoms with van der Waals surface area (Å²) in [6, 6.07) is 11.6. The summed E-state index contributed by atoms with van der Waals surface area (Å²) in [5.41, 5.74) is 1.84. The Morgan fingerprint density at radius 3 is 2.86 bits per heavy atom. The maximum absolute atomic E-state index is 10.0. The molecule has 2 aromatic heterocycles. The molecule has 0 spiro atoms. The van der Waals surface area contributed by atoms with E-state index < -0.39 is 6.10 Å². The highest BCUT2D eigenvalue weighted by Crippen LogP contribution is 2.15. The molecule has 0 saturated carbocycles. The third kappa shape index (κ3) is 3.33. The molecule has 21 heavy (non-hydrogen) atoms. The summed E-state index contributed by atoms with van der Waals surface area (Å²) in [6.07, 6.45) is -0.516. The van der Waals surface area contributed by atoms with E-state index in [1.165, 1.54) is 0 Å². The van der Waals surface area contributed by atoms with Gasteiger partial charge in [-0.15, -0.1) is 5.10 Å². The van der Waals surface area contributed by atoms with Crippen molar-refractivity contribution in [3.05, 3.63) is 58.5 Å². The molecule has 2 heterocycles. The average Bonchev–Trinajstić information content (AvgIpc) is 3.20. The average molecular weight is 301 g/mol. The van der Waals surface area contributed by atoms with Crippen molar-refractivity contribution in [2.24, 2.45) is 0 Å². The van der Waals surface area contributed by atoms with Crippen molar-refractivity contribution >= 4 is 11.3 Å². The predicted molar refractivity (Wildman–Crippen MR) is 80.1 cm³/mol. The fourth-order valence-corrected chi connectivity index (χ4v) is 2.70. The molecular weight excluding hydrogens is 286 g/mol. The molecule has 0 amide bonds. The van der Waals surface area contributed by atoms with Crippen LogP contribution in [-0.4, -0.2) is 31.9 Å². The summed E-state index contributed by atoms with van der Waals surface area (Å²) in [5.74, 6) is 0.707. The maximum atomic E-state index is 10.0. The van der Waals surface area contributed by atoms with Crippen LogP contribution in [0.5, 0.6) is 0 Å². The summed E-state index contributed by atoms with van der Waals surface area (Å²) in [4.78, 5) is 0. The smallest absolute Gasteiger partial charge is 0.170 e. The second-order valence-electron chi connectivity index (χ2n) is 4.55. The lowest BCUT2D eigenvalue weighted by molar-refractivity contribution is 0.174. The molecule has 0 radical (unpaired) electrons. The zero-order valence-corrected chi connectivity index (χ0v) is 12.1. The van der Waals surface area contributed by atoms with Gasteiger partial charge >= 0.3 is 0 Å². The lowest BCUT2D eigenvalue weighted by atomic mass is 10.2. The van der Waals surface area contributed by atoms with Crippen molar-refractivity contribution in [3.8, 4) is 5.69 Å². The fraction of sp³-hybridized carbons (Fsp3) is 0.214. The summed E-state index contributed by atoms with van der Waals surface area (Å²) in [5, 5.41) is 28.8. The number of aromatic nitrogens is 4. The number of tetrazole rings is 1. The highest BCUT2D eigenvalue weighted by Gasteiger charge is 2.10. The van der Waals surface area contributed by atoms with E-state index in [2.05, 4.69) is 20.8 Å². The minimum absolute atomic E-state index is 0.457. The number of rotatable bonds is 6. The Bertz CT molecular complexity index is 668. The molecule has 0 saturated heterocycles. The number of nitrogens with one attached hydrogen (secondary N) is 1. The molecule has 6 nitrogen and oxygen atoms in total. The first-order chi connectivity index (χ1) is 10.3. The molecule has 0 bridgehead atoms. The molecule has 0 aliphatic heterocycles. The van der Waals surface area contributed by atoms with Crippen LogP contribution in [0, 0.1) is 0 Å². The molecule has 0 fully saturated rings. The van der Waals surface area contributed by atoms with Crippen LogP contribution >= 0.6 is 11.3 Å². The molecular formula is C14H15N5OS. The quantitative estimate of drug-likeness (QED) is 0.722. The number of para-hydroxylation sites is 1. The Balaban J connectivity index is 1.61. The van der Waals surface area contributed by atoms with E-state index in [9.17, 15) is 5.11 Å². The number of benzene rings is 1. The molecule has 108 valence electrons. The van der Waals surface area contributed by atoms with E-state index in [0.717, 1.165) is 11.3 Å². The molecule has 1 unspecified atom stereocenters. The van der Waals surface area contributed by atoms with Gasteiger partial charge in [-0.2, -0.15) is 16.0 Å². The van der Waals surface area contributed by atoms with Gasteiger partial charge in [0, 0.05) is 6.54 Å². The van der Waals surface area contributed by atoms with Gasteiger partial charge in [-0.25, -0.2) is 0 Å². The Hall–Kier alpha value is -2.09. The first-order valence-corrected chi connectivity index (χ1v) is 7.52. The highest BCUT2D eigenvalue weighted by molar-refractivity contribution is 7.07. The Morgan fingerprint density at radius 2 is 2.10 bits per heavy atom. The number of thiophene rings is 1. The van der Waals surface area contributed by atoms with Crippen molar-refractivity contribution in [2.45, 2.75) is 12.6 Å². The molecule has 7 heteroatoms. The first kappa shape index (κ1) is 13.9. The molecule has 0 aliphatic rings. The summed E-state index contributed by atoms with van der Waals surface area (Å²) in [6.45, 7) is 0.946. The summed E-state index contributed by atoms with van der Waals surface area (Å²) < 4.78 is 1.68. The van der Waals surface area contributed by atoms with Crippen LogP contribution in [0.2, 0.25) is 0 Å². The van der Waals surface area contributed by atoms with E-state index in [1.807, 2.05) is 47.2 Å². The van der Waals surface area contributed by atoms with Crippen LogP contribution in [0.25, 0.3) is 5.69 Å². The topological polar surface area (TPSA) is 75.9 Å². The Morgan fingerprint density at radius 1 is 1.24 bits per heavy atom. The van der Waals surface area contributed by atoms with Gasteiger partial charge in [0.25, 0.3) is 0 Å². The van der Waals surface area contributed by atoms with E-state index >= 15 is 0 Å². The first-order valence-electron chi connectivity index (χ1n) is 6.58. The van der Waals surface area contributed by atoms with Gasteiger partial charge in [0.15, 0.2) is 5.82 Å². The van der Waals surface area contributed by atoms with E-state index in [1.54, 1.807) is 16.0 Å². The fourth-order valence-electron chi connectivity index (χ4n) is 1.99. The van der Waals surface area contributed by atoms with E-state index in [0.29, 0.717) is 18.9 Å². The summed E-state index contributed by atoms with van der Waals surface area (Å²) >= 11 is 1.57. The highest BCUT2D eigenvalue weighted by atomic mass is 32.1. The standard InChI is InChI=1S/C14H15N5OS/c20-13(11-6-7-21-10-11)8-15-9-14-16-17-18-19(14)12-4-2-1-3-5-12/h1-7,10,13,15,20H,8-9H2. The van der Waals surface area contributed by atoms with Crippen molar-refractivity contribution < 1.29 is 5.11 Å². The third-order valence-electron chi connectivity index (χ3n) is 3.08. The van der Waals surface area contributed by atoms with Gasteiger partial charge < -0.3 is 10.4 Å². The normalized spacial score (nSPS) is 12.4. The van der Waals surface area contributed by atoms with Crippen LogP contribution < -0.4 is 5.32 Å². The SMILES string of the molecule is OC(CNCc1nnnn1-c1ccccc1)c1ccsc1. The zero-order valence-electron chi connectivity index (χ0n) is 11.3. The molecule has 3 aromatic rings. The van der Waals surface area contributed by atoms with Gasteiger partial charge in [0.1, 0.15) is 0 Å². The number of hydrogen-bond acceptors (Lipinski definition) is 6. The molecule has 2 N–H and O–H groups in total. The van der Waals surface area contributed by atoms with Crippen molar-refractivity contribution in [2.75, 3.05) is 6.54 Å². The number of hydrogen-bond donors (Lipinski definition) is 2. The largest absolute Gasteiger partial charge is 0.387 e. The number of aliphatic hydroxyl groups is 1. The molecule has 3 rings (SSSR count). The number of aliphatic hydroxyl groups excluding tert-OH is 1. The van der Waals surface area contributed by atoms with E-state index in [4.69, 9.17) is 0 Å². The monoisotopic (exact) mass is 301 g/mol. The van der Waals surface area contributed by atoms with Gasteiger partial charge in [0.2, 0.25) is 0 Å². The maximum Gasteiger partial charge on any atom is 0.170 e. The lowest BCUT2D eigenvalue weighted by Gasteiger charge is -2.10. The molecule has 0 aliphatic carbocycles. The minimum Gasteiger partial charge on any atom is -0.387 e. The summed E-state index contributed by atoms with van der Waals surface area (Å²) in [7, 11) is 0. The van der Waals surface area contributed by atoms with Gasteiger partial charge in [-0.1, -0.05) is 18.2 Å². The lowest BCUT2D eigenvalue weighted by Crippen LogP contribution is -2.22. The molecule has 1 aromatic carbocycles. The Kier molecular flexibility index (Phi) is 4.34. The second kappa shape index (κ2) is 6.57. The van der Waals surface area contributed by atoms with Crippen LogP contribution in [0.3, 0.4) is 0 Å². The zero-order chi connectivity index (χ0) is 14.5. The van der Waals surface area contributed by atoms with Crippen LogP contribution in [0.15, 0.2) is 47.2 Å². The third-order valence-corrected chi connectivity index (χ3v) is 3.79. The number of nitrogens with zero attached hydrogens (tertiary/aromatic N) is 4. The van der Waals surface area contributed by atoms with Crippen LogP contribution in [0.4, 0.5) is 0 Å². The predicted octanol–water partition coefficient (Wildman–Crippen LogP) is 1.55. The van der Waals surface area contributed by atoms with Gasteiger partial charge in [0.05, 0.1) is 18.3 Å². The van der Waals surface area contributed by atoms with Gasteiger partial charge in [-0.05, 0) is 44.9 Å². The van der Waals surface area contributed by atoms with E-state index in [-0.39, 0.29) is 0 Å². The second-order valence-corrected chi connectivity index (χ2v) is 5.33. The molecule has 1 atom stereocenters. The van der Waals surface area contributed by atoms with Crippen molar-refractivity contribution in [3.63, 3.8) is 0 Å². The van der Waals surface area contributed by atoms with Crippen LogP contribution in [0.1, 0.15) is 17.5 Å². The van der Waals surface area contributed by atoms with Crippen LogP contribution in [-0.2, 0) is 6.54 Å². The van der Waals surface area contributed by atoms with Gasteiger partial charge in [-0.3, -0.25) is 0 Å². The minimum atomic E-state index is -0.516. The van der Waals surface area contributed by atoms with Crippen molar-refractivity contribution in [1.29, 1.82) is 0 Å².